The Hall–Kier alpha value is -3.44. The average Bonchev–Trinajstić information content (AvgIpc) is 3.36. The van der Waals surface area contributed by atoms with Crippen molar-refractivity contribution >= 4 is 33.4 Å². The summed E-state index contributed by atoms with van der Waals surface area (Å²) in [5, 5.41) is 10.2. The number of fused-ring (bicyclic) bond motifs is 4. The molecule has 0 spiro atoms. The van der Waals surface area contributed by atoms with E-state index in [1.54, 1.807) is 24.3 Å². The van der Waals surface area contributed by atoms with E-state index >= 15 is 0 Å². The van der Waals surface area contributed by atoms with Crippen LogP contribution in [0, 0.1) is 11.3 Å². The normalized spacial score (nSPS) is 15.8. The second-order valence-electron chi connectivity index (χ2n) is 7.25. The molecule has 0 saturated heterocycles. The molecule has 5 rings (SSSR count). The van der Waals surface area contributed by atoms with Crippen molar-refractivity contribution in [3.05, 3.63) is 56.5 Å². The highest BCUT2D eigenvalue weighted by molar-refractivity contribution is 7.18. The molecule has 0 bridgehead atoms. The summed E-state index contributed by atoms with van der Waals surface area (Å²) in [6.45, 7) is 0.172. The van der Waals surface area contributed by atoms with E-state index < -0.39 is 11.7 Å². The van der Waals surface area contributed by atoms with Gasteiger partial charge in [-0.05, 0) is 55.0 Å². The van der Waals surface area contributed by atoms with Crippen LogP contribution in [0.5, 0.6) is 11.5 Å². The Kier molecular flexibility index (Phi) is 4.60. The third-order valence-corrected chi connectivity index (χ3v) is 6.55. The average molecular weight is 419 g/mol. The topological polar surface area (TPSA) is 105 Å². The van der Waals surface area contributed by atoms with Gasteiger partial charge >= 0.3 is 0 Å². The highest BCUT2D eigenvalue weighted by atomic mass is 32.1. The quantitative estimate of drug-likeness (QED) is 0.649. The van der Waals surface area contributed by atoms with Crippen molar-refractivity contribution in [1.29, 1.82) is 5.26 Å². The number of nitrogens with one attached hydrogen (secondary N) is 1. The maximum absolute atomic E-state index is 12.7. The fraction of sp³-hybridized carbons (Fsp3) is 0.273. The van der Waals surface area contributed by atoms with E-state index in [1.165, 1.54) is 22.3 Å². The molecule has 3 heterocycles. The molecule has 2 aromatic heterocycles. The van der Waals surface area contributed by atoms with Crippen LogP contribution >= 0.6 is 11.3 Å². The lowest BCUT2D eigenvalue weighted by molar-refractivity contribution is -0.114. The number of H-pyrrole nitrogens is 1. The molecule has 1 aromatic carbocycles. The second-order valence-corrected chi connectivity index (χ2v) is 8.34. The number of aromatic amines is 1. The van der Waals surface area contributed by atoms with Gasteiger partial charge in [0.05, 0.1) is 11.5 Å². The monoisotopic (exact) mass is 419 g/mol. The van der Waals surface area contributed by atoms with Crippen LogP contribution in [-0.4, -0.2) is 22.5 Å². The number of hydrogen-bond acceptors (Lipinski definition) is 7. The number of carbonyl (C=O) groups is 1. The molecular formula is C22H17N3O4S. The zero-order chi connectivity index (χ0) is 20.7. The molecular weight excluding hydrogens is 402 g/mol. The van der Waals surface area contributed by atoms with Crippen LogP contribution < -0.4 is 15.0 Å². The molecule has 1 aliphatic heterocycles. The summed E-state index contributed by atoms with van der Waals surface area (Å²) in [4.78, 5) is 34.4. The standard InChI is InChI=1S/C22H17N3O4S/c23-10-14(15(26)7-5-12-6-8-16-17(9-12)29-11-28-16)20-24-21(27)19-13-3-1-2-4-18(13)30-22(19)25-20/h5-9,14H,1-4,11H2,(H,24,25,27)/b7-5+. The van der Waals surface area contributed by atoms with Crippen LogP contribution in [0.3, 0.4) is 0 Å². The fourth-order valence-corrected chi connectivity index (χ4v) is 5.14. The molecule has 1 atom stereocenters. The lowest BCUT2D eigenvalue weighted by Gasteiger charge is -2.09. The summed E-state index contributed by atoms with van der Waals surface area (Å²) < 4.78 is 10.6. The third-order valence-electron chi connectivity index (χ3n) is 5.37. The molecule has 0 saturated carbocycles. The van der Waals surface area contributed by atoms with E-state index in [4.69, 9.17) is 9.47 Å². The SMILES string of the molecule is N#CC(C(=O)/C=C/c1ccc2c(c1)OCO2)c1nc2sc3c(c2c(=O)[nH]1)CCCC3. The Morgan fingerprint density at radius 3 is 2.97 bits per heavy atom. The van der Waals surface area contributed by atoms with Gasteiger partial charge in [-0.3, -0.25) is 9.59 Å². The van der Waals surface area contributed by atoms with Crippen LogP contribution in [0.1, 0.15) is 40.6 Å². The predicted molar refractivity (Wildman–Crippen MR) is 112 cm³/mol. The first-order valence-electron chi connectivity index (χ1n) is 9.69. The van der Waals surface area contributed by atoms with Crippen LogP contribution in [0.2, 0.25) is 0 Å². The Morgan fingerprint density at radius 2 is 2.10 bits per heavy atom. The molecule has 3 aromatic rings. The Morgan fingerprint density at radius 1 is 1.27 bits per heavy atom. The summed E-state index contributed by atoms with van der Waals surface area (Å²) in [5.41, 5.74) is 1.54. The number of rotatable bonds is 4. The van der Waals surface area contributed by atoms with Crippen molar-refractivity contribution in [1.82, 2.24) is 9.97 Å². The van der Waals surface area contributed by atoms with Gasteiger partial charge in [0.25, 0.3) is 5.56 Å². The minimum absolute atomic E-state index is 0.0916. The van der Waals surface area contributed by atoms with Crippen molar-refractivity contribution in [2.24, 2.45) is 0 Å². The molecule has 8 heteroatoms. The van der Waals surface area contributed by atoms with Crippen molar-refractivity contribution in [2.45, 2.75) is 31.6 Å². The van der Waals surface area contributed by atoms with Crippen LogP contribution in [0.15, 0.2) is 29.1 Å². The van der Waals surface area contributed by atoms with E-state index in [0.717, 1.165) is 36.8 Å². The summed E-state index contributed by atoms with van der Waals surface area (Å²) in [6.07, 6.45) is 6.92. The van der Waals surface area contributed by atoms with Crippen molar-refractivity contribution < 1.29 is 14.3 Å². The van der Waals surface area contributed by atoms with Gasteiger partial charge in [0.15, 0.2) is 23.2 Å². The first kappa shape index (κ1) is 18.6. The van der Waals surface area contributed by atoms with Crippen LogP contribution in [0.4, 0.5) is 0 Å². The molecule has 2 aliphatic rings. The summed E-state index contributed by atoms with van der Waals surface area (Å²) in [6, 6.07) is 7.29. The van der Waals surface area contributed by atoms with Gasteiger partial charge in [0.1, 0.15) is 10.7 Å². The number of nitrogens with zero attached hydrogens (tertiary/aromatic N) is 2. The van der Waals surface area contributed by atoms with Gasteiger partial charge in [0, 0.05) is 4.88 Å². The number of thiophene rings is 1. The number of carbonyl (C=O) groups excluding carboxylic acids is 1. The molecule has 1 aliphatic carbocycles. The van der Waals surface area contributed by atoms with Crippen molar-refractivity contribution in [2.75, 3.05) is 6.79 Å². The molecule has 150 valence electrons. The first-order valence-corrected chi connectivity index (χ1v) is 10.5. The Labute approximate surface area is 175 Å². The highest BCUT2D eigenvalue weighted by Gasteiger charge is 2.25. The van der Waals surface area contributed by atoms with E-state index in [1.807, 2.05) is 6.07 Å². The maximum atomic E-state index is 12.7. The number of allylic oxidation sites excluding steroid dienone is 1. The van der Waals surface area contributed by atoms with Gasteiger partial charge in [-0.1, -0.05) is 12.1 Å². The summed E-state index contributed by atoms with van der Waals surface area (Å²) in [5.74, 6) is -0.263. The number of ether oxygens (including phenoxy) is 2. The van der Waals surface area contributed by atoms with Gasteiger partial charge in [-0.25, -0.2) is 4.98 Å². The minimum Gasteiger partial charge on any atom is -0.454 e. The van der Waals surface area contributed by atoms with Gasteiger partial charge in [-0.2, -0.15) is 5.26 Å². The number of benzene rings is 1. The number of hydrogen-bond donors (Lipinski definition) is 1. The van der Waals surface area contributed by atoms with Crippen LogP contribution in [0.25, 0.3) is 16.3 Å². The van der Waals surface area contributed by atoms with Gasteiger partial charge in [0.2, 0.25) is 6.79 Å². The molecule has 1 unspecified atom stereocenters. The number of aryl methyl sites for hydroxylation is 2. The lowest BCUT2D eigenvalue weighted by Crippen LogP contribution is -2.18. The number of ketones is 1. The zero-order valence-electron chi connectivity index (χ0n) is 15.9. The lowest BCUT2D eigenvalue weighted by atomic mass is 9.97. The molecule has 0 fully saturated rings. The highest BCUT2D eigenvalue weighted by Crippen LogP contribution is 2.34. The third kappa shape index (κ3) is 3.17. The molecule has 1 N–H and O–H groups in total. The van der Waals surface area contributed by atoms with E-state index in [-0.39, 0.29) is 18.2 Å². The second kappa shape index (κ2) is 7.43. The Balaban J connectivity index is 1.45. The largest absolute Gasteiger partial charge is 0.454 e. The predicted octanol–water partition coefficient (Wildman–Crippen LogP) is 3.48. The van der Waals surface area contributed by atoms with Gasteiger partial charge < -0.3 is 14.5 Å². The van der Waals surface area contributed by atoms with Gasteiger partial charge in [-0.15, -0.1) is 11.3 Å². The zero-order valence-corrected chi connectivity index (χ0v) is 16.8. The number of nitriles is 1. The molecule has 0 amide bonds. The number of aromatic nitrogens is 2. The maximum Gasteiger partial charge on any atom is 0.259 e. The molecule has 30 heavy (non-hydrogen) atoms. The summed E-state index contributed by atoms with van der Waals surface area (Å²) in [7, 11) is 0. The molecule has 0 radical (unpaired) electrons. The molecule has 7 nitrogen and oxygen atoms in total. The van der Waals surface area contributed by atoms with Crippen LogP contribution in [-0.2, 0) is 17.6 Å². The fourth-order valence-electron chi connectivity index (χ4n) is 3.87. The minimum atomic E-state index is -1.17. The van der Waals surface area contributed by atoms with Crippen molar-refractivity contribution in [3.63, 3.8) is 0 Å². The first-order chi connectivity index (χ1) is 14.6. The smallest absolute Gasteiger partial charge is 0.259 e. The van der Waals surface area contributed by atoms with E-state index in [9.17, 15) is 14.9 Å². The summed E-state index contributed by atoms with van der Waals surface area (Å²) >= 11 is 1.49. The van der Waals surface area contributed by atoms with E-state index in [2.05, 4.69) is 9.97 Å². The van der Waals surface area contributed by atoms with Crippen molar-refractivity contribution in [3.8, 4) is 17.6 Å². The van der Waals surface area contributed by atoms with E-state index in [0.29, 0.717) is 21.7 Å². The Bertz CT molecular complexity index is 1300.